The molecule has 0 radical (unpaired) electrons. The molecule has 0 amide bonds. The fourth-order valence-corrected chi connectivity index (χ4v) is 4.62. The Morgan fingerprint density at radius 2 is 1.65 bits per heavy atom. The van der Waals surface area contributed by atoms with E-state index < -0.39 is 5.67 Å². The van der Waals surface area contributed by atoms with Gasteiger partial charge in [-0.3, -0.25) is 0 Å². The van der Waals surface area contributed by atoms with Crippen LogP contribution in [-0.2, 0) is 0 Å². The van der Waals surface area contributed by atoms with Crippen molar-refractivity contribution in [3.05, 3.63) is 54.1 Å². The van der Waals surface area contributed by atoms with Crippen LogP contribution < -0.4 is 0 Å². The molecule has 1 heteroatoms. The van der Waals surface area contributed by atoms with Crippen LogP contribution in [0.2, 0.25) is 0 Å². The highest BCUT2D eigenvalue weighted by atomic mass is 19.1. The minimum Gasteiger partial charge on any atom is -0.239 e. The van der Waals surface area contributed by atoms with Gasteiger partial charge in [0.1, 0.15) is 5.67 Å². The minimum absolute atomic E-state index is 0.528. The Labute approximate surface area is 159 Å². The summed E-state index contributed by atoms with van der Waals surface area (Å²) in [5.41, 5.74) is 1.22. The Balaban J connectivity index is 1.41. The summed E-state index contributed by atoms with van der Waals surface area (Å²) in [5, 5.41) is 0. The third-order valence-electron chi connectivity index (χ3n) is 6.48. The highest BCUT2D eigenvalue weighted by Gasteiger charge is 2.30. The zero-order valence-electron chi connectivity index (χ0n) is 16.4. The topological polar surface area (TPSA) is 0 Å². The molecule has 1 atom stereocenters. The third kappa shape index (κ3) is 5.56. The summed E-state index contributed by atoms with van der Waals surface area (Å²) in [6.45, 7) is 2.28. The maximum Gasteiger partial charge on any atom is 0.132 e. The first-order valence-corrected chi connectivity index (χ1v) is 10.8. The Hall–Kier alpha value is -1.37. The smallest absolute Gasteiger partial charge is 0.132 e. The highest BCUT2D eigenvalue weighted by molar-refractivity contribution is 5.75. The van der Waals surface area contributed by atoms with Crippen molar-refractivity contribution in [1.29, 1.82) is 0 Å². The molecule has 3 rings (SSSR count). The van der Waals surface area contributed by atoms with Crippen LogP contribution >= 0.6 is 0 Å². The summed E-state index contributed by atoms with van der Waals surface area (Å²) in [6, 6.07) is 10.3. The van der Waals surface area contributed by atoms with E-state index in [9.17, 15) is 0 Å². The van der Waals surface area contributed by atoms with E-state index in [1.165, 1.54) is 56.9 Å². The summed E-state index contributed by atoms with van der Waals surface area (Å²) in [7, 11) is 0. The predicted octanol–water partition coefficient (Wildman–Crippen LogP) is 7.91. The molecule has 1 fully saturated rings. The lowest BCUT2D eigenvalue weighted by Gasteiger charge is -2.31. The normalized spacial score (nSPS) is 28.8. The summed E-state index contributed by atoms with van der Waals surface area (Å²) in [5.74, 6) is 1.70. The van der Waals surface area contributed by atoms with Gasteiger partial charge in [-0.2, -0.15) is 0 Å². The molecule has 2 aliphatic rings. The molecule has 1 unspecified atom stereocenters. The predicted molar refractivity (Wildman–Crippen MR) is 111 cm³/mol. The molecular weight excluding hydrogens is 319 g/mol. The van der Waals surface area contributed by atoms with Crippen molar-refractivity contribution >= 4 is 5.57 Å². The lowest BCUT2D eigenvalue weighted by Crippen LogP contribution is -2.23. The number of rotatable bonds is 8. The molecular formula is C25H35F. The number of unbranched alkanes of at least 4 members (excludes halogenated alkanes) is 2. The molecule has 0 N–H and O–H groups in total. The summed E-state index contributed by atoms with van der Waals surface area (Å²) in [6.07, 6.45) is 19.1. The van der Waals surface area contributed by atoms with Crippen LogP contribution in [0, 0.1) is 11.8 Å². The first kappa shape index (κ1) is 19.4. The molecule has 0 aliphatic heterocycles. The van der Waals surface area contributed by atoms with Crippen LogP contribution in [0.5, 0.6) is 0 Å². The molecule has 1 saturated carbocycles. The second-order valence-electron chi connectivity index (χ2n) is 8.52. The van der Waals surface area contributed by atoms with Gasteiger partial charge in [0.05, 0.1) is 0 Å². The number of benzene rings is 1. The number of halogens is 1. The van der Waals surface area contributed by atoms with Crippen LogP contribution in [0.3, 0.4) is 0 Å². The standard InChI is InChI=1S/C25H35F/c1-2-3-5-8-21-11-13-22(14-12-21)15-18-25(26)19-16-24(17-20-25)23-9-6-4-7-10-23/h4,6-7,9-10,16-17,19,21-22H,2-3,5,8,11-15,18,20H2,1H3/t21-,22-,25?. The molecule has 142 valence electrons. The number of allylic oxidation sites excluding steroid dienone is 4. The quantitative estimate of drug-likeness (QED) is 0.416. The first-order chi connectivity index (χ1) is 12.7. The van der Waals surface area contributed by atoms with Crippen molar-refractivity contribution in [3.63, 3.8) is 0 Å². The third-order valence-corrected chi connectivity index (χ3v) is 6.48. The lowest BCUT2D eigenvalue weighted by atomic mass is 9.76. The zero-order valence-corrected chi connectivity index (χ0v) is 16.4. The zero-order chi connectivity index (χ0) is 18.2. The first-order valence-electron chi connectivity index (χ1n) is 10.8. The molecule has 0 heterocycles. The van der Waals surface area contributed by atoms with Gasteiger partial charge in [-0.05, 0) is 41.9 Å². The highest BCUT2D eigenvalue weighted by Crippen LogP contribution is 2.38. The summed E-state index contributed by atoms with van der Waals surface area (Å²) in [4.78, 5) is 0. The van der Waals surface area contributed by atoms with Crippen LogP contribution in [0.4, 0.5) is 4.39 Å². The van der Waals surface area contributed by atoms with E-state index in [1.54, 1.807) is 0 Å². The number of alkyl halides is 1. The largest absolute Gasteiger partial charge is 0.239 e. The van der Waals surface area contributed by atoms with Crippen LogP contribution in [0.15, 0.2) is 48.6 Å². The van der Waals surface area contributed by atoms with E-state index in [4.69, 9.17) is 0 Å². The van der Waals surface area contributed by atoms with Gasteiger partial charge in [-0.25, -0.2) is 4.39 Å². The SMILES string of the molecule is CCCCC[C@H]1CC[C@H](CCC2(F)C=CC(c3ccccc3)=CC2)CC1. The van der Waals surface area contributed by atoms with Crippen molar-refractivity contribution in [3.8, 4) is 0 Å². The average molecular weight is 355 g/mol. The Bertz CT molecular complexity index is 592. The molecule has 0 bridgehead atoms. The molecule has 0 spiro atoms. The van der Waals surface area contributed by atoms with E-state index in [1.807, 2.05) is 30.4 Å². The monoisotopic (exact) mass is 354 g/mol. The molecule has 2 aliphatic carbocycles. The van der Waals surface area contributed by atoms with E-state index in [-0.39, 0.29) is 0 Å². The van der Waals surface area contributed by atoms with E-state index >= 15 is 4.39 Å². The second-order valence-corrected chi connectivity index (χ2v) is 8.52. The van der Waals surface area contributed by atoms with Gasteiger partial charge in [0.2, 0.25) is 0 Å². The van der Waals surface area contributed by atoms with Crippen molar-refractivity contribution in [1.82, 2.24) is 0 Å². The average Bonchev–Trinajstić information content (AvgIpc) is 2.69. The van der Waals surface area contributed by atoms with Crippen LogP contribution in [0.1, 0.15) is 83.1 Å². The summed E-state index contributed by atoms with van der Waals surface area (Å²) >= 11 is 0. The van der Waals surface area contributed by atoms with Gasteiger partial charge in [-0.15, -0.1) is 0 Å². The van der Waals surface area contributed by atoms with Gasteiger partial charge in [0.15, 0.2) is 0 Å². The maximum absolute atomic E-state index is 15.2. The van der Waals surface area contributed by atoms with E-state index in [0.717, 1.165) is 23.8 Å². The number of hydrogen-bond acceptors (Lipinski definition) is 0. The summed E-state index contributed by atoms with van der Waals surface area (Å²) < 4.78 is 15.2. The van der Waals surface area contributed by atoms with Crippen LogP contribution in [0.25, 0.3) is 5.57 Å². The van der Waals surface area contributed by atoms with Gasteiger partial charge >= 0.3 is 0 Å². The lowest BCUT2D eigenvalue weighted by molar-refractivity contribution is 0.176. The number of hydrogen-bond donors (Lipinski definition) is 0. The Kier molecular flexibility index (Phi) is 7.11. The fourth-order valence-electron chi connectivity index (χ4n) is 4.62. The molecule has 0 aromatic heterocycles. The van der Waals surface area contributed by atoms with Gasteiger partial charge in [0.25, 0.3) is 0 Å². The fraction of sp³-hybridized carbons (Fsp3) is 0.600. The van der Waals surface area contributed by atoms with Gasteiger partial charge in [-0.1, -0.05) is 101 Å². The van der Waals surface area contributed by atoms with Gasteiger partial charge < -0.3 is 0 Å². The van der Waals surface area contributed by atoms with Crippen molar-refractivity contribution in [2.75, 3.05) is 0 Å². The van der Waals surface area contributed by atoms with Gasteiger partial charge in [0, 0.05) is 6.42 Å². The minimum atomic E-state index is -1.13. The van der Waals surface area contributed by atoms with E-state index in [2.05, 4.69) is 25.1 Å². The van der Waals surface area contributed by atoms with E-state index in [0.29, 0.717) is 12.8 Å². The maximum atomic E-state index is 15.2. The Morgan fingerprint density at radius 1 is 0.962 bits per heavy atom. The Morgan fingerprint density at radius 3 is 2.27 bits per heavy atom. The second kappa shape index (κ2) is 9.53. The molecule has 0 saturated heterocycles. The molecule has 0 nitrogen and oxygen atoms in total. The molecule has 26 heavy (non-hydrogen) atoms. The molecule has 1 aromatic rings. The molecule has 1 aromatic carbocycles. The van der Waals surface area contributed by atoms with Crippen LogP contribution in [-0.4, -0.2) is 5.67 Å². The van der Waals surface area contributed by atoms with Crippen molar-refractivity contribution in [2.24, 2.45) is 11.8 Å². The van der Waals surface area contributed by atoms with Crippen molar-refractivity contribution < 1.29 is 4.39 Å². The van der Waals surface area contributed by atoms with Crippen molar-refractivity contribution in [2.45, 2.75) is 83.2 Å².